The fraction of sp³-hybridized carbons (Fsp3) is 0. The highest BCUT2D eigenvalue weighted by Gasteiger charge is 1.96. The zero-order valence-corrected chi connectivity index (χ0v) is 5.24. The Morgan fingerprint density at radius 3 is 2.62 bits per heavy atom. The van der Waals surface area contributed by atoms with E-state index in [9.17, 15) is 0 Å². The van der Waals surface area contributed by atoms with Gasteiger partial charge in [0.15, 0.2) is 11.5 Å². The Morgan fingerprint density at radius 2 is 2.38 bits per heavy atom. The molecule has 0 saturated heterocycles. The van der Waals surface area contributed by atoms with Gasteiger partial charge in [0.25, 0.3) is 0 Å². The molecule has 2 N–H and O–H groups in total. The predicted molar refractivity (Wildman–Crippen MR) is 32.8 cm³/mol. The van der Waals surface area contributed by atoms with E-state index in [1.54, 1.807) is 6.20 Å². The van der Waals surface area contributed by atoms with Crippen molar-refractivity contribution >= 4 is 9.47 Å². The fourth-order valence-electron chi connectivity index (χ4n) is 0.436. The van der Waals surface area contributed by atoms with Crippen LogP contribution in [0, 0.1) is 0 Å². The summed E-state index contributed by atoms with van der Waals surface area (Å²) in [5.74, 6) is 0.565. The highest BCUT2D eigenvalue weighted by molar-refractivity contribution is 7.10. The van der Waals surface area contributed by atoms with Gasteiger partial charge < -0.3 is 14.6 Å². The monoisotopic (exact) mass is 131 g/mol. The van der Waals surface area contributed by atoms with Crippen molar-refractivity contribution in [1.29, 1.82) is 0 Å². The molecule has 1 aromatic heterocycles. The maximum Gasteiger partial charge on any atom is 0.181 e. The quantitative estimate of drug-likeness (QED) is 0.556. The average Bonchev–Trinajstić information content (AvgIpc) is 2.14. The van der Waals surface area contributed by atoms with Gasteiger partial charge in [-0.2, -0.15) is 0 Å². The van der Waals surface area contributed by atoms with Crippen molar-refractivity contribution in [3.63, 3.8) is 0 Å². The van der Waals surface area contributed by atoms with E-state index in [1.165, 1.54) is 6.20 Å². The van der Waals surface area contributed by atoms with Gasteiger partial charge in [-0.25, -0.2) is 0 Å². The molecule has 0 saturated carbocycles. The van der Waals surface area contributed by atoms with E-state index in [0.717, 1.165) is 0 Å². The van der Waals surface area contributed by atoms with Crippen LogP contribution in [-0.4, -0.2) is 10.1 Å². The van der Waals surface area contributed by atoms with Gasteiger partial charge in [0, 0.05) is 12.4 Å². The predicted octanol–water partition coefficient (Wildman–Crippen LogP) is 0.889. The maximum atomic E-state index is 8.78. The smallest absolute Gasteiger partial charge is 0.181 e. The molecule has 1 rings (SSSR count). The van der Waals surface area contributed by atoms with E-state index >= 15 is 0 Å². The van der Waals surface area contributed by atoms with Crippen LogP contribution in [0.4, 0.5) is 0 Å². The van der Waals surface area contributed by atoms with Gasteiger partial charge in [-0.15, -0.1) is 0 Å². The average molecular weight is 131 g/mol. The SMILES string of the molecule is Oc1c[nH]cc1OP. The van der Waals surface area contributed by atoms with Gasteiger partial charge in [-0.05, 0) is 0 Å². The van der Waals surface area contributed by atoms with Crippen LogP contribution < -0.4 is 4.52 Å². The lowest BCUT2D eigenvalue weighted by molar-refractivity contribution is 0.453. The topological polar surface area (TPSA) is 45.2 Å². The number of hydrogen-bond acceptors (Lipinski definition) is 2. The number of nitrogens with one attached hydrogen (secondary N) is 1. The Labute approximate surface area is 49.0 Å². The van der Waals surface area contributed by atoms with E-state index in [-0.39, 0.29) is 5.75 Å². The van der Waals surface area contributed by atoms with Crippen LogP contribution in [-0.2, 0) is 0 Å². The molecule has 0 fully saturated rings. The molecule has 4 heteroatoms. The molecule has 0 aliphatic rings. The first-order chi connectivity index (χ1) is 3.84. The molecule has 0 radical (unpaired) electrons. The summed E-state index contributed by atoms with van der Waals surface area (Å²) in [5.41, 5.74) is 0. The van der Waals surface area contributed by atoms with Gasteiger partial charge in [0.2, 0.25) is 0 Å². The Balaban J connectivity index is 2.92. The largest absolute Gasteiger partial charge is 0.503 e. The standard InChI is InChI=1S/C4H6NO2P/c6-3-1-5-2-4(3)7-8/h1-2,5-6H,8H2. The number of H-pyrrole nitrogens is 1. The van der Waals surface area contributed by atoms with E-state index < -0.39 is 0 Å². The molecule has 8 heavy (non-hydrogen) atoms. The van der Waals surface area contributed by atoms with Crippen molar-refractivity contribution in [2.24, 2.45) is 0 Å². The number of aromatic hydroxyl groups is 1. The van der Waals surface area contributed by atoms with Crippen LogP contribution in [0.2, 0.25) is 0 Å². The molecule has 1 unspecified atom stereocenters. The second-order valence-corrected chi connectivity index (χ2v) is 1.56. The van der Waals surface area contributed by atoms with Gasteiger partial charge in [0.05, 0.1) is 9.47 Å². The molecule has 3 nitrogen and oxygen atoms in total. The molecule has 0 aliphatic carbocycles. The normalized spacial score (nSPS) is 9.12. The molecule has 1 heterocycles. The zero-order valence-electron chi connectivity index (χ0n) is 4.09. The Kier molecular flexibility index (Phi) is 1.40. The van der Waals surface area contributed by atoms with Crippen molar-refractivity contribution in [2.45, 2.75) is 0 Å². The van der Waals surface area contributed by atoms with Crippen LogP contribution >= 0.6 is 9.47 Å². The summed E-state index contributed by atoms with van der Waals surface area (Å²) >= 11 is 0. The first kappa shape index (κ1) is 5.45. The van der Waals surface area contributed by atoms with Crippen LogP contribution in [0.5, 0.6) is 11.5 Å². The maximum absolute atomic E-state index is 8.78. The van der Waals surface area contributed by atoms with Gasteiger partial charge in [-0.1, -0.05) is 0 Å². The summed E-state index contributed by atoms with van der Waals surface area (Å²) in [6, 6.07) is 0. The number of aromatic nitrogens is 1. The number of hydrogen-bond donors (Lipinski definition) is 2. The highest BCUT2D eigenvalue weighted by Crippen LogP contribution is 2.25. The lowest BCUT2D eigenvalue weighted by Crippen LogP contribution is -1.65. The molecule has 0 bridgehead atoms. The summed E-state index contributed by atoms with van der Waals surface area (Å²) in [5, 5.41) is 8.78. The van der Waals surface area contributed by atoms with Crippen molar-refractivity contribution in [3.05, 3.63) is 12.4 Å². The fourth-order valence-corrected chi connectivity index (χ4v) is 0.625. The molecule has 1 atom stereocenters. The van der Waals surface area contributed by atoms with E-state index in [1.807, 2.05) is 9.47 Å². The third-order valence-corrected chi connectivity index (χ3v) is 1.07. The molecule has 44 valence electrons. The molecule has 0 spiro atoms. The second-order valence-electron chi connectivity index (χ2n) is 1.32. The number of aromatic amines is 1. The minimum Gasteiger partial charge on any atom is -0.503 e. The van der Waals surface area contributed by atoms with E-state index in [4.69, 9.17) is 5.11 Å². The van der Waals surface area contributed by atoms with Crippen LogP contribution in [0.1, 0.15) is 0 Å². The third-order valence-electron chi connectivity index (χ3n) is 0.814. The highest BCUT2D eigenvalue weighted by atomic mass is 31.0. The lowest BCUT2D eigenvalue weighted by atomic mass is 10.6. The summed E-state index contributed by atoms with van der Waals surface area (Å²) in [6.07, 6.45) is 3.00. The van der Waals surface area contributed by atoms with Gasteiger partial charge in [0.1, 0.15) is 0 Å². The Morgan fingerprint density at radius 1 is 1.62 bits per heavy atom. The Hall–Kier alpha value is -0.690. The van der Waals surface area contributed by atoms with E-state index in [0.29, 0.717) is 5.75 Å². The van der Waals surface area contributed by atoms with Crippen molar-refractivity contribution in [2.75, 3.05) is 0 Å². The molecule has 0 aromatic carbocycles. The molecule has 1 aromatic rings. The van der Waals surface area contributed by atoms with Gasteiger partial charge >= 0.3 is 0 Å². The van der Waals surface area contributed by atoms with Crippen LogP contribution in [0.3, 0.4) is 0 Å². The summed E-state index contributed by atoms with van der Waals surface area (Å²) in [4.78, 5) is 2.66. The minimum atomic E-state index is 0.125. The van der Waals surface area contributed by atoms with Crippen LogP contribution in [0.25, 0.3) is 0 Å². The second kappa shape index (κ2) is 2.05. The molecule has 0 aliphatic heterocycles. The molecule has 0 amide bonds. The van der Waals surface area contributed by atoms with Gasteiger partial charge in [-0.3, -0.25) is 0 Å². The van der Waals surface area contributed by atoms with Crippen LogP contribution in [0.15, 0.2) is 12.4 Å². The first-order valence-electron chi connectivity index (χ1n) is 2.07. The summed E-state index contributed by atoms with van der Waals surface area (Å²) < 4.78 is 4.62. The summed E-state index contributed by atoms with van der Waals surface area (Å²) in [6.45, 7) is 0. The molecular weight excluding hydrogens is 125 g/mol. The Bertz CT molecular complexity index is 174. The minimum absolute atomic E-state index is 0.125. The van der Waals surface area contributed by atoms with Crippen molar-refractivity contribution < 1.29 is 9.63 Å². The van der Waals surface area contributed by atoms with E-state index in [2.05, 4.69) is 9.51 Å². The third kappa shape index (κ3) is 0.771. The molecular formula is C4H6NO2P. The number of rotatable bonds is 1. The van der Waals surface area contributed by atoms with Crippen molar-refractivity contribution in [3.8, 4) is 11.5 Å². The summed E-state index contributed by atoms with van der Waals surface area (Å²) in [7, 11) is 2.04. The lowest BCUT2D eigenvalue weighted by Gasteiger charge is -1.90. The first-order valence-corrected chi connectivity index (χ1v) is 2.54. The van der Waals surface area contributed by atoms with Crippen molar-refractivity contribution in [1.82, 2.24) is 4.98 Å². The zero-order chi connectivity index (χ0) is 5.98.